The highest BCUT2D eigenvalue weighted by atomic mass is 32.2. The van der Waals surface area contributed by atoms with Crippen LogP contribution >= 0.6 is 11.8 Å². The molecular weight excluding hydrogens is 332 g/mol. The Balaban J connectivity index is 1.78. The van der Waals surface area contributed by atoms with E-state index in [1.165, 1.54) is 23.9 Å². The lowest BCUT2D eigenvalue weighted by atomic mass is 10.3. The Morgan fingerprint density at radius 1 is 1.33 bits per heavy atom. The van der Waals surface area contributed by atoms with Gasteiger partial charge in [0.15, 0.2) is 5.16 Å². The van der Waals surface area contributed by atoms with Gasteiger partial charge in [-0.2, -0.15) is 0 Å². The highest BCUT2D eigenvalue weighted by molar-refractivity contribution is 8.02. The highest BCUT2D eigenvalue weighted by Gasteiger charge is 2.11. The number of thioether (sulfide) groups is 1. The van der Waals surface area contributed by atoms with Gasteiger partial charge >= 0.3 is 5.88 Å². The van der Waals surface area contributed by atoms with E-state index < -0.39 is 4.92 Å². The molecule has 8 nitrogen and oxygen atoms in total. The number of nitro groups is 1. The second-order valence-electron chi connectivity index (χ2n) is 4.51. The molecule has 122 valence electrons. The molecule has 1 aromatic carbocycles. The summed E-state index contributed by atoms with van der Waals surface area (Å²) in [4.78, 5) is 10.0. The predicted molar refractivity (Wildman–Crippen MR) is 88.2 cm³/mol. The molecule has 0 unspecified atom stereocenters. The molecule has 0 radical (unpaired) electrons. The van der Waals surface area contributed by atoms with E-state index >= 15 is 0 Å². The number of para-hydroxylation sites is 2. The number of rotatable bonds is 6. The Labute approximate surface area is 140 Å². The quantitative estimate of drug-likeness (QED) is 0.383. The average molecular weight is 344 g/mol. The van der Waals surface area contributed by atoms with E-state index in [-0.39, 0.29) is 5.88 Å². The van der Waals surface area contributed by atoms with Crippen LogP contribution in [0.3, 0.4) is 0 Å². The maximum atomic E-state index is 10.6. The lowest BCUT2D eigenvalue weighted by Crippen LogP contribution is -1.97. The maximum absolute atomic E-state index is 10.6. The number of hydrogen-bond acceptors (Lipinski definition) is 7. The van der Waals surface area contributed by atoms with Gasteiger partial charge in [-0.1, -0.05) is 23.9 Å². The first-order valence-corrected chi connectivity index (χ1v) is 7.68. The fourth-order valence-corrected chi connectivity index (χ4v) is 2.67. The Hall–Kier alpha value is -3.07. The van der Waals surface area contributed by atoms with Crippen LogP contribution in [0.4, 0.5) is 5.88 Å². The zero-order valence-electron chi connectivity index (χ0n) is 12.5. The topological polar surface area (TPSA) is 96.2 Å². The monoisotopic (exact) mass is 344 g/mol. The van der Waals surface area contributed by atoms with Gasteiger partial charge in [0.25, 0.3) is 0 Å². The molecule has 0 spiro atoms. The summed E-state index contributed by atoms with van der Waals surface area (Å²) in [6.45, 7) is 0. The van der Waals surface area contributed by atoms with Gasteiger partial charge in [-0.25, -0.2) is 0 Å². The van der Waals surface area contributed by atoms with Crippen LogP contribution in [0.5, 0.6) is 5.75 Å². The predicted octanol–water partition coefficient (Wildman–Crippen LogP) is 3.54. The molecule has 0 aliphatic rings. The minimum absolute atomic E-state index is 0.295. The molecule has 9 heteroatoms. The zero-order valence-corrected chi connectivity index (χ0v) is 13.3. The van der Waals surface area contributed by atoms with Crippen molar-refractivity contribution in [3.8, 4) is 11.4 Å². The fraction of sp³-hybridized carbons (Fsp3) is 0.0667. The third-order valence-corrected chi connectivity index (χ3v) is 3.82. The van der Waals surface area contributed by atoms with Crippen molar-refractivity contribution in [2.75, 3.05) is 7.11 Å². The second kappa shape index (κ2) is 7.01. The summed E-state index contributed by atoms with van der Waals surface area (Å²) in [6, 6.07) is 10.3. The first-order valence-electron chi connectivity index (χ1n) is 6.80. The van der Waals surface area contributed by atoms with Crippen molar-refractivity contribution < 1.29 is 14.1 Å². The van der Waals surface area contributed by atoms with Crippen molar-refractivity contribution in [2.45, 2.75) is 5.16 Å². The van der Waals surface area contributed by atoms with Crippen LogP contribution in [0.1, 0.15) is 5.76 Å². The van der Waals surface area contributed by atoms with Crippen molar-refractivity contribution >= 4 is 23.7 Å². The Bertz CT molecular complexity index is 887. The summed E-state index contributed by atoms with van der Waals surface area (Å²) >= 11 is 1.30. The molecule has 2 heterocycles. The summed E-state index contributed by atoms with van der Waals surface area (Å²) in [6.07, 6.45) is 3.21. The molecule has 0 saturated carbocycles. The summed E-state index contributed by atoms with van der Waals surface area (Å²) in [5, 5.41) is 20.9. The smallest absolute Gasteiger partial charge is 0.433 e. The number of hydrogen-bond donors (Lipinski definition) is 0. The van der Waals surface area contributed by atoms with E-state index in [1.807, 2.05) is 24.3 Å². The van der Waals surface area contributed by atoms with Crippen LogP contribution in [-0.4, -0.2) is 26.8 Å². The van der Waals surface area contributed by atoms with E-state index in [2.05, 4.69) is 10.2 Å². The summed E-state index contributed by atoms with van der Waals surface area (Å²) in [7, 11) is 1.60. The number of methoxy groups -OCH3 is 1. The molecular formula is C15H12N4O4S. The molecule has 0 aliphatic carbocycles. The Morgan fingerprint density at radius 3 is 2.92 bits per heavy atom. The van der Waals surface area contributed by atoms with E-state index in [4.69, 9.17) is 9.15 Å². The fourth-order valence-electron chi connectivity index (χ4n) is 1.99. The molecule has 0 aliphatic heterocycles. The zero-order chi connectivity index (χ0) is 16.9. The van der Waals surface area contributed by atoms with Gasteiger partial charge in [-0.05, 0) is 29.7 Å². The summed E-state index contributed by atoms with van der Waals surface area (Å²) in [5.41, 5.74) is 0.814. The average Bonchev–Trinajstić information content (AvgIpc) is 3.24. The molecule has 3 rings (SSSR count). The molecule has 3 aromatic rings. The van der Waals surface area contributed by atoms with Gasteiger partial charge in [-0.15, -0.1) is 10.2 Å². The molecule has 2 aromatic heterocycles. The molecule has 0 fully saturated rings. The SMILES string of the molecule is COc1ccccc1-n1cnnc1S/C=C/c1ccc([N+](=O)[O-])o1. The van der Waals surface area contributed by atoms with Gasteiger partial charge in [0.1, 0.15) is 22.8 Å². The largest absolute Gasteiger partial charge is 0.495 e. The van der Waals surface area contributed by atoms with Crippen LogP contribution < -0.4 is 4.74 Å². The highest BCUT2D eigenvalue weighted by Crippen LogP contribution is 2.27. The van der Waals surface area contributed by atoms with Crippen molar-refractivity contribution in [1.29, 1.82) is 0 Å². The van der Waals surface area contributed by atoms with Crippen molar-refractivity contribution in [2.24, 2.45) is 0 Å². The standard InChI is InChI=1S/C15H12N4O4S/c1-22-13-5-3-2-4-12(13)18-10-16-17-15(18)24-9-8-11-6-7-14(23-11)19(20)21/h2-10H,1H3/b9-8+. The third-order valence-electron chi connectivity index (χ3n) is 3.06. The third kappa shape index (κ3) is 3.30. The number of nitrogens with zero attached hydrogens (tertiary/aromatic N) is 4. The van der Waals surface area contributed by atoms with Crippen LogP contribution in [-0.2, 0) is 0 Å². The Morgan fingerprint density at radius 2 is 2.17 bits per heavy atom. The lowest BCUT2D eigenvalue weighted by molar-refractivity contribution is -0.402. The van der Waals surface area contributed by atoms with E-state index in [0.717, 1.165) is 5.69 Å². The maximum Gasteiger partial charge on any atom is 0.433 e. The van der Waals surface area contributed by atoms with Gasteiger partial charge < -0.3 is 9.15 Å². The van der Waals surface area contributed by atoms with Gasteiger partial charge in [0.05, 0.1) is 18.9 Å². The van der Waals surface area contributed by atoms with E-state index in [0.29, 0.717) is 16.7 Å². The van der Waals surface area contributed by atoms with Crippen LogP contribution in [0.2, 0.25) is 0 Å². The van der Waals surface area contributed by atoms with Gasteiger partial charge in [0.2, 0.25) is 0 Å². The number of benzene rings is 1. The summed E-state index contributed by atoms with van der Waals surface area (Å²) < 4.78 is 12.2. The van der Waals surface area contributed by atoms with E-state index in [9.17, 15) is 10.1 Å². The number of ether oxygens (including phenoxy) is 1. The first-order chi connectivity index (χ1) is 11.7. The van der Waals surface area contributed by atoms with Gasteiger partial charge in [-0.3, -0.25) is 14.7 Å². The van der Waals surface area contributed by atoms with Gasteiger partial charge in [0, 0.05) is 0 Å². The molecule has 0 saturated heterocycles. The van der Waals surface area contributed by atoms with Crippen molar-refractivity contribution in [3.05, 3.63) is 64.0 Å². The second-order valence-corrected chi connectivity index (χ2v) is 5.38. The molecule has 0 atom stereocenters. The van der Waals surface area contributed by atoms with Crippen molar-refractivity contribution in [3.63, 3.8) is 0 Å². The number of aromatic nitrogens is 3. The van der Waals surface area contributed by atoms with Crippen LogP contribution in [0, 0.1) is 10.1 Å². The molecule has 0 bridgehead atoms. The summed E-state index contributed by atoms with van der Waals surface area (Å²) in [5.74, 6) is 0.791. The molecule has 0 amide bonds. The van der Waals surface area contributed by atoms with E-state index in [1.54, 1.807) is 29.5 Å². The van der Waals surface area contributed by atoms with Crippen LogP contribution in [0.25, 0.3) is 11.8 Å². The number of furan rings is 1. The Kier molecular flexibility index (Phi) is 4.62. The lowest BCUT2D eigenvalue weighted by Gasteiger charge is -2.09. The molecule has 0 N–H and O–H groups in total. The van der Waals surface area contributed by atoms with Crippen molar-refractivity contribution in [1.82, 2.24) is 14.8 Å². The minimum atomic E-state index is -0.581. The van der Waals surface area contributed by atoms with Crippen LogP contribution in [0.15, 0.2) is 57.7 Å². The minimum Gasteiger partial charge on any atom is -0.495 e. The molecule has 24 heavy (non-hydrogen) atoms. The normalized spacial score (nSPS) is 11.0. The first kappa shape index (κ1) is 15.8.